The molecule has 524 valence electrons. The van der Waals surface area contributed by atoms with E-state index in [1.807, 2.05) is 13.8 Å². The van der Waals surface area contributed by atoms with Gasteiger partial charge in [0.2, 0.25) is 29.5 Å². The summed E-state index contributed by atoms with van der Waals surface area (Å²) in [6.45, 7) is 6.15. The van der Waals surface area contributed by atoms with Gasteiger partial charge in [-0.15, -0.1) is 0 Å². The van der Waals surface area contributed by atoms with Crippen molar-refractivity contribution in [2.45, 2.75) is 165 Å². The number of aliphatic hydroxyl groups is 9. The number of rotatable bonds is 43. The van der Waals surface area contributed by atoms with Crippen LogP contribution in [0.15, 0.2) is 0 Å². The van der Waals surface area contributed by atoms with Gasteiger partial charge >= 0.3 is 7.82 Å². The molecule has 16 atom stereocenters. The minimum atomic E-state index is -3.75. The molecule has 3 rings (SSSR count). The van der Waals surface area contributed by atoms with E-state index in [2.05, 4.69) is 35.6 Å². The zero-order chi connectivity index (χ0) is 67.0. The summed E-state index contributed by atoms with van der Waals surface area (Å²) in [5, 5.41) is 103. The molecule has 0 aromatic heterocycles. The van der Waals surface area contributed by atoms with Crippen molar-refractivity contribution in [2.24, 2.45) is 23.5 Å². The van der Waals surface area contributed by atoms with Crippen LogP contribution in [0.3, 0.4) is 0 Å². The molecule has 34 nitrogen and oxygen atoms in total. The zero-order valence-corrected chi connectivity index (χ0v) is 53.3. The van der Waals surface area contributed by atoms with E-state index < -0.39 is 161 Å². The molecular formula is C54H105N6O28P. The molecule has 0 radical (unpaired) electrons. The summed E-state index contributed by atoms with van der Waals surface area (Å²) >= 11 is 0. The Balaban J connectivity index is 0.00000233. The van der Waals surface area contributed by atoms with Crippen molar-refractivity contribution in [1.82, 2.24) is 26.6 Å². The topological polar surface area (TPSA) is 502 Å². The Labute approximate surface area is 520 Å². The number of carbonyl (C=O) groups excluding carboxylic acids is 5. The first-order valence-electron chi connectivity index (χ1n) is 30.0. The summed E-state index contributed by atoms with van der Waals surface area (Å²) in [6, 6.07) is 0. The molecule has 0 aliphatic carbocycles. The van der Waals surface area contributed by atoms with Crippen LogP contribution in [-0.2, 0) is 85.0 Å². The van der Waals surface area contributed by atoms with E-state index in [0.29, 0.717) is 6.54 Å². The van der Waals surface area contributed by atoms with Crippen molar-refractivity contribution in [3.63, 3.8) is 0 Å². The predicted molar refractivity (Wildman–Crippen MR) is 311 cm³/mol. The molecule has 17 N–H and O–H groups in total. The Morgan fingerprint density at radius 1 is 0.506 bits per heavy atom. The van der Waals surface area contributed by atoms with Crippen LogP contribution < -0.4 is 32.3 Å². The molecule has 0 aromatic carbocycles. The second-order valence-electron chi connectivity index (χ2n) is 21.0. The van der Waals surface area contributed by atoms with Crippen molar-refractivity contribution in [3.8, 4) is 0 Å². The number of unbranched alkanes of at least 4 members (excludes halogenated alkanes) is 3. The number of phosphoric acid groups is 1. The highest BCUT2D eigenvalue weighted by Crippen LogP contribution is 2.42. The van der Waals surface area contributed by atoms with E-state index in [1.54, 1.807) is 20.8 Å². The minimum Gasteiger partial charge on any atom is -0.394 e. The average Bonchev–Trinajstić information content (AvgIpc) is 1.90. The molecule has 89 heavy (non-hydrogen) atoms. The third-order valence-electron chi connectivity index (χ3n) is 14.0. The van der Waals surface area contributed by atoms with Crippen LogP contribution in [0.25, 0.3) is 0 Å². The molecule has 3 fully saturated rings. The van der Waals surface area contributed by atoms with Crippen LogP contribution >= 0.6 is 7.82 Å². The highest BCUT2D eigenvalue weighted by Gasteiger charge is 2.45. The summed E-state index contributed by atoms with van der Waals surface area (Å²) in [4.78, 5) is 73.0. The molecule has 3 saturated heterocycles. The number of ether oxygens (including phenoxy) is 10. The van der Waals surface area contributed by atoms with Crippen molar-refractivity contribution in [1.29, 1.82) is 0 Å². The van der Waals surface area contributed by atoms with Gasteiger partial charge in [0.25, 0.3) is 0 Å². The van der Waals surface area contributed by atoms with Crippen molar-refractivity contribution in [2.75, 3.05) is 133 Å². The van der Waals surface area contributed by atoms with Gasteiger partial charge in [0.1, 0.15) is 55.3 Å². The number of hydrogen-bond acceptors (Lipinski definition) is 28. The van der Waals surface area contributed by atoms with Gasteiger partial charge in [-0.05, 0) is 19.4 Å². The van der Waals surface area contributed by atoms with Crippen molar-refractivity contribution in [3.05, 3.63) is 0 Å². The van der Waals surface area contributed by atoms with Gasteiger partial charge in [0.05, 0.1) is 104 Å². The maximum absolute atomic E-state index is 13.4. The molecule has 0 saturated carbocycles. The minimum absolute atomic E-state index is 0.0184. The Morgan fingerprint density at radius 2 is 0.865 bits per heavy atom. The van der Waals surface area contributed by atoms with E-state index in [4.69, 9.17) is 58.0 Å². The first kappa shape index (κ1) is 83.7. The highest BCUT2D eigenvalue weighted by molar-refractivity contribution is 7.47. The highest BCUT2D eigenvalue weighted by atomic mass is 31.2. The quantitative estimate of drug-likeness (QED) is 0.0118. The fourth-order valence-electron chi connectivity index (χ4n) is 8.66. The molecule has 35 heteroatoms. The number of hydrogen-bond donors (Lipinski definition) is 16. The third-order valence-corrected chi connectivity index (χ3v) is 14.9. The Kier molecular flexibility index (Phi) is 44.7. The number of carbonyl (C=O) groups is 5. The number of amides is 5. The smallest absolute Gasteiger partial charge is 0.394 e. The normalized spacial score (nSPS) is 28.1. The summed E-state index contributed by atoms with van der Waals surface area (Å²) in [5.74, 6) is -4.77. The summed E-state index contributed by atoms with van der Waals surface area (Å²) in [7, 11) is -1.27. The molecule has 3 heterocycles. The maximum atomic E-state index is 13.4. The Morgan fingerprint density at radius 3 is 1.19 bits per heavy atom. The van der Waals surface area contributed by atoms with Crippen LogP contribution in [0.1, 0.15) is 86.0 Å². The van der Waals surface area contributed by atoms with E-state index >= 15 is 0 Å². The summed E-state index contributed by atoms with van der Waals surface area (Å²) < 4.78 is 75.6. The Bertz CT molecular complexity index is 1820. The van der Waals surface area contributed by atoms with Gasteiger partial charge in [0.15, 0.2) is 18.9 Å². The number of methoxy groups -OCH3 is 1. The lowest BCUT2D eigenvalue weighted by Crippen LogP contribution is -2.59. The van der Waals surface area contributed by atoms with E-state index in [9.17, 15) is 74.5 Å². The average molecular weight is 1320 g/mol. The van der Waals surface area contributed by atoms with E-state index in [1.165, 1.54) is 7.11 Å². The second-order valence-corrected chi connectivity index (χ2v) is 22.6. The molecule has 0 spiro atoms. The van der Waals surface area contributed by atoms with Gasteiger partial charge in [-0.1, -0.05) is 47.5 Å². The van der Waals surface area contributed by atoms with Gasteiger partial charge in [-0.25, -0.2) is 4.57 Å². The van der Waals surface area contributed by atoms with Crippen LogP contribution in [-0.4, -0.2) is 293 Å². The third kappa shape index (κ3) is 32.9. The van der Waals surface area contributed by atoms with Gasteiger partial charge in [-0.2, -0.15) is 0 Å². The van der Waals surface area contributed by atoms with Crippen LogP contribution in [0.4, 0.5) is 0 Å². The maximum Gasteiger partial charge on any atom is 0.471 e. The first-order chi connectivity index (χ1) is 42.4. The standard InChI is InChI=1S/C45H81N5O24.C7H18NO4P.C2H6/c1-25-36(59)39(62)28(18-51)72-42(25)69-14-8-46-31(54)5-11-66-21-45(50-35(58)17-34(57)49-24-65-4,22-67-12-6-32(55)47-9-15-70-43-26(2)37(60)40(63)29(19-52)73-43)23-68-13-7-33(56)48-10-16-71-44-27(3)38(61)41(64)30(20-53)74-44;1-11-13(9,10)12-7-5-3-2-4-6-8;1-2/h25-30,36-44,51-53,59-64H,5-24H2,1-4H3,(H,46,54)(H,47,55)(H,48,56)(H,49,57)(H,50,58);2-8H2,1H3,(H,9,10);1-2H3/t25?,26?,27?,28?,29?,30?,36-,37-,38-,39+,40+,41+,42-,43-,44-,45?;;/m1../s1. The predicted octanol–water partition coefficient (Wildman–Crippen LogP) is -4.91. The molecule has 3 aliphatic heterocycles. The molecule has 0 aromatic rings. The monoisotopic (exact) mass is 1320 g/mol. The lowest BCUT2D eigenvalue weighted by Gasteiger charge is -2.40. The van der Waals surface area contributed by atoms with Crippen molar-refractivity contribution >= 4 is 37.4 Å². The number of phosphoric ester groups is 1. The Hall–Kier alpha value is -3.34. The summed E-state index contributed by atoms with van der Waals surface area (Å²) in [6.07, 6.45) is -11.1. The zero-order valence-electron chi connectivity index (χ0n) is 52.4. The second kappa shape index (κ2) is 47.5. The lowest BCUT2D eigenvalue weighted by molar-refractivity contribution is -0.281. The summed E-state index contributed by atoms with van der Waals surface area (Å²) in [5.41, 5.74) is 3.72. The lowest BCUT2D eigenvalue weighted by atomic mass is 9.92. The van der Waals surface area contributed by atoms with E-state index in [0.717, 1.165) is 32.8 Å². The van der Waals surface area contributed by atoms with Gasteiger partial charge in [0, 0.05) is 70.9 Å². The molecular weight excluding hydrogens is 1210 g/mol. The van der Waals surface area contributed by atoms with E-state index in [-0.39, 0.29) is 112 Å². The largest absolute Gasteiger partial charge is 0.471 e. The molecule has 0 bridgehead atoms. The number of nitrogens with two attached hydrogens (primary N) is 1. The first-order valence-corrected chi connectivity index (χ1v) is 31.5. The van der Waals surface area contributed by atoms with Crippen LogP contribution in [0.5, 0.6) is 0 Å². The van der Waals surface area contributed by atoms with Crippen molar-refractivity contribution < 1.29 is 136 Å². The fourth-order valence-corrected chi connectivity index (χ4v) is 9.12. The molecule has 7 unspecified atom stereocenters. The number of nitrogens with one attached hydrogen (secondary N) is 5. The number of aliphatic hydroxyl groups excluding tert-OH is 9. The van der Waals surface area contributed by atoms with Gasteiger partial charge in [-0.3, -0.25) is 33.0 Å². The van der Waals surface area contributed by atoms with Gasteiger partial charge < -0.3 is 131 Å². The fraction of sp³-hybridized carbons (Fsp3) is 0.907. The van der Waals surface area contributed by atoms with Crippen LogP contribution in [0, 0.1) is 17.8 Å². The molecule has 3 aliphatic rings. The SMILES string of the molecule is CC.COCNC(=O)CC(=O)NC(COCCC(=O)NCCO[C@@H]1OC(CO)[C@H](O)[C@H](O)C1C)(COCCC(=O)NCCO[C@@H]1OC(CO)[C@H](O)[C@H](O)C1C)COCCC(=O)NCCO[C@@H]1OC(CO)[C@H](O)[C@H](O)C1C.COP(=O)(O)OCCCCCCN. The molecule has 5 amide bonds. The van der Waals surface area contributed by atoms with Crippen LogP contribution in [0.2, 0.25) is 0 Å².